The molecular formula is C20H25NO5. The Kier molecular flexibility index (Phi) is 4.74. The second-order valence-corrected chi connectivity index (χ2v) is 7.58. The van der Waals surface area contributed by atoms with Crippen LogP contribution in [0.3, 0.4) is 0 Å². The number of likely N-dealkylation sites (tertiary alicyclic amines) is 1. The summed E-state index contributed by atoms with van der Waals surface area (Å²) in [5, 5.41) is 8.86. The van der Waals surface area contributed by atoms with Gasteiger partial charge in [0.05, 0.1) is 0 Å². The van der Waals surface area contributed by atoms with Crippen LogP contribution in [0.5, 0.6) is 11.5 Å². The topological polar surface area (TPSA) is 76.1 Å². The lowest BCUT2D eigenvalue weighted by atomic mass is 9.93. The van der Waals surface area contributed by atoms with Crippen LogP contribution in [-0.4, -0.2) is 48.2 Å². The number of piperidine rings is 1. The molecule has 26 heavy (non-hydrogen) atoms. The van der Waals surface area contributed by atoms with Crippen molar-refractivity contribution in [2.24, 2.45) is 11.8 Å². The minimum Gasteiger partial charge on any atom is -0.486 e. The molecule has 1 aromatic rings. The number of hydrogen-bond acceptors (Lipinski definition) is 4. The Bertz CT molecular complexity index is 703. The number of amides is 1. The largest absolute Gasteiger partial charge is 0.486 e. The number of carbonyl (C=O) groups excluding carboxylic acids is 1. The Labute approximate surface area is 153 Å². The third-order valence-corrected chi connectivity index (χ3v) is 5.70. The van der Waals surface area contributed by atoms with Gasteiger partial charge in [0.2, 0.25) is 5.91 Å². The van der Waals surface area contributed by atoms with Crippen LogP contribution in [0.25, 0.3) is 0 Å². The van der Waals surface area contributed by atoms with Crippen LogP contribution in [0.2, 0.25) is 0 Å². The Morgan fingerprint density at radius 3 is 2.81 bits per heavy atom. The van der Waals surface area contributed by atoms with Crippen molar-refractivity contribution in [3.8, 4) is 11.5 Å². The summed E-state index contributed by atoms with van der Waals surface area (Å²) in [4.78, 5) is 25.6. The lowest BCUT2D eigenvalue weighted by Crippen LogP contribution is -2.41. The molecule has 3 unspecified atom stereocenters. The fourth-order valence-electron chi connectivity index (χ4n) is 4.19. The van der Waals surface area contributed by atoms with Gasteiger partial charge in [0.15, 0.2) is 11.5 Å². The highest BCUT2D eigenvalue weighted by molar-refractivity contribution is 5.83. The molecule has 0 radical (unpaired) electrons. The predicted molar refractivity (Wildman–Crippen MR) is 94.5 cm³/mol. The van der Waals surface area contributed by atoms with E-state index in [4.69, 9.17) is 14.6 Å². The number of nitrogens with zero attached hydrogens (tertiary/aromatic N) is 1. The summed E-state index contributed by atoms with van der Waals surface area (Å²) in [6.07, 6.45) is 3.73. The fourth-order valence-corrected chi connectivity index (χ4v) is 4.19. The summed E-state index contributed by atoms with van der Waals surface area (Å²) in [6, 6.07) is 5.99. The van der Waals surface area contributed by atoms with E-state index in [-0.39, 0.29) is 24.2 Å². The maximum absolute atomic E-state index is 12.9. The van der Waals surface area contributed by atoms with E-state index in [9.17, 15) is 9.59 Å². The average molecular weight is 359 g/mol. The molecule has 1 aromatic carbocycles. The van der Waals surface area contributed by atoms with Gasteiger partial charge in [0.1, 0.15) is 13.2 Å². The van der Waals surface area contributed by atoms with Crippen LogP contribution in [0.1, 0.15) is 43.6 Å². The molecule has 2 heterocycles. The summed E-state index contributed by atoms with van der Waals surface area (Å²) < 4.78 is 11.2. The summed E-state index contributed by atoms with van der Waals surface area (Å²) in [5.74, 6) is 1.66. The lowest BCUT2D eigenvalue weighted by molar-refractivity contribution is -0.137. The highest BCUT2D eigenvalue weighted by atomic mass is 16.6. The van der Waals surface area contributed by atoms with Gasteiger partial charge in [0.25, 0.3) is 0 Å². The SMILES string of the molecule is O=C(O)CCC1CCCN(C(=O)C2CC2c2ccc3c(c2)OCCO3)C1. The van der Waals surface area contributed by atoms with Gasteiger partial charge >= 0.3 is 5.97 Å². The van der Waals surface area contributed by atoms with Crippen molar-refractivity contribution in [1.29, 1.82) is 0 Å². The van der Waals surface area contributed by atoms with E-state index < -0.39 is 5.97 Å². The highest BCUT2D eigenvalue weighted by Gasteiger charge is 2.46. The Morgan fingerprint density at radius 2 is 2.00 bits per heavy atom. The molecule has 1 amide bonds. The second-order valence-electron chi connectivity index (χ2n) is 7.58. The van der Waals surface area contributed by atoms with Gasteiger partial charge in [-0.15, -0.1) is 0 Å². The first kappa shape index (κ1) is 17.2. The van der Waals surface area contributed by atoms with Crippen LogP contribution in [0.4, 0.5) is 0 Å². The smallest absolute Gasteiger partial charge is 0.303 e. The quantitative estimate of drug-likeness (QED) is 0.875. The van der Waals surface area contributed by atoms with Crippen LogP contribution >= 0.6 is 0 Å². The van der Waals surface area contributed by atoms with Crippen molar-refractivity contribution in [1.82, 2.24) is 4.90 Å². The molecule has 4 rings (SSSR count). The highest BCUT2D eigenvalue weighted by Crippen LogP contribution is 2.50. The number of benzene rings is 1. The Hall–Kier alpha value is -2.24. The Balaban J connectivity index is 1.35. The molecule has 1 saturated carbocycles. The van der Waals surface area contributed by atoms with Crippen LogP contribution in [0.15, 0.2) is 18.2 Å². The van der Waals surface area contributed by atoms with Gasteiger partial charge in [-0.1, -0.05) is 6.07 Å². The molecule has 0 spiro atoms. The lowest BCUT2D eigenvalue weighted by Gasteiger charge is -2.33. The van der Waals surface area contributed by atoms with Crippen LogP contribution in [-0.2, 0) is 9.59 Å². The van der Waals surface area contributed by atoms with Gasteiger partial charge < -0.3 is 19.5 Å². The molecule has 140 valence electrons. The average Bonchev–Trinajstić information content (AvgIpc) is 3.46. The zero-order chi connectivity index (χ0) is 18.1. The first-order valence-electron chi connectivity index (χ1n) is 9.52. The van der Waals surface area contributed by atoms with Crippen LogP contribution in [0, 0.1) is 11.8 Å². The van der Waals surface area contributed by atoms with Crippen molar-refractivity contribution in [3.63, 3.8) is 0 Å². The number of rotatable bonds is 5. The maximum atomic E-state index is 12.9. The first-order valence-corrected chi connectivity index (χ1v) is 9.52. The van der Waals surface area contributed by atoms with E-state index in [1.807, 2.05) is 23.1 Å². The Morgan fingerprint density at radius 1 is 1.19 bits per heavy atom. The summed E-state index contributed by atoms with van der Waals surface area (Å²) in [6.45, 7) is 2.65. The molecule has 3 atom stereocenters. The van der Waals surface area contributed by atoms with Gasteiger partial charge in [-0.2, -0.15) is 0 Å². The summed E-state index contributed by atoms with van der Waals surface area (Å²) >= 11 is 0. The number of ether oxygens (including phenoxy) is 2. The molecule has 3 aliphatic rings. The molecular weight excluding hydrogens is 334 g/mol. The minimum atomic E-state index is -0.755. The molecule has 6 heteroatoms. The molecule has 1 aliphatic carbocycles. The van der Waals surface area contributed by atoms with Gasteiger partial charge in [0, 0.05) is 25.4 Å². The molecule has 1 N–H and O–H groups in total. The van der Waals surface area contributed by atoms with E-state index in [1.54, 1.807) is 0 Å². The van der Waals surface area contributed by atoms with Crippen molar-refractivity contribution >= 4 is 11.9 Å². The standard InChI is InChI=1S/C20H25NO5/c22-19(23)6-3-13-2-1-7-21(12-13)20(24)16-11-15(16)14-4-5-17-18(10-14)26-9-8-25-17/h4-5,10,13,15-16H,1-3,6-9,11-12H2,(H,22,23). The monoisotopic (exact) mass is 359 g/mol. The normalized spacial score (nSPS) is 27.1. The molecule has 0 bridgehead atoms. The summed E-state index contributed by atoms with van der Waals surface area (Å²) in [7, 11) is 0. The van der Waals surface area contributed by atoms with Crippen molar-refractivity contribution < 1.29 is 24.2 Å². The van der Waals surface area contributed by atoms with Gasteiger partial charge in [-0.05, 0) is 55.2 Å². The molecule has 2 fully saturated rings. The first-order chi connectivity index (χ1) is 12.6. The van der Waals surface area contributed by atoms with Crippen LogP contribution < -0.4 is 9.47 Å². The minimum absolute atomic E-state index is 0.0517. The van der Waals surface area contributed by atoms with E-state index in [0.717, 1.165) is 42.9 Å². The number of aliphatic carboxylic acids is 1. The number of carboxylic acid groups (broad SMARTS) is 1. The van der Waals surface area contributed by atoms with E-state index in [1.165, 1.54) is 0 Å². The molecule has 2 aliphatic heterocycles. The molecule has 0 aromatic heterocycles. The third-order valence-electron chi connectivity index (χ3n) is 5.70. The van der Waals surface area contributed by atoms with E-state index in [0.29, 0.717) is 32.1 Å². The number of carbonyl (C=O) groups is 2. The third kappa shape index (κ3) is 3.64. The fraction of sp³-hybridized carbons (Fsp3) is 0.600. The summed E-state index contributed by atoms with van der Waals surface area (Å²) in [5.41, 5.74) is 1.15. The van der Waals surface area contributed by atoms with Crippen molar-refractivity contribution in [3.05, 3.63) is 23.8 Å². The number of fused-ring (bicyclic) bond motifs is 1. The van der Waals surface area contributed by atoms with Gasteiger partial charge in [-0.25, -0.2) is 0 Å². The number of hydrogen-bond donors (Lipinski definition) is 1. The van der Waals surface area contributed by atoms with Gasteiger partial charge in [-0.3, -0.25) is 9.59 Å². The van der Waals surface area contributed by atoms with E-state index >= 15 is 0 Å². The molecule has 1 saturated heterocycles. The van der Waals surface area contributed by atoms with E-state index in [2.05, 4.69) is 0 Å². The second kappa shape index (κ2) is 7.17. The zero-order valence-corrected chi connectivity index (χ0v) is 14.9. The van der Waals surface area contributed by atoms with Crippen molar-refractivity contribution in [2.45, 2.75) is 38.0 Å². The van der Waals surface area contributed by atoms with Crippen molar-refractivity contribution in [2.75, 3.05) is 26.3 Å². The molecule has 6 nitrogen and oxygen atoms in total. The zero-order valence-electron chi connectivity index (χ0n) is 14.9. The maximum Gasteiger partial charge on any atom is 0.303 e. The number of carboxylic acids is 1. The predicted octanol–water partition coefficient (Wildman–Crippen LogP) is 2.66.